The predicted molar refractivity (Wildman–Crippen MR) is 77.4 cm³/mol. The Bertz CT molecular complexity index is 593. The maximum Gasteiger partial charge on any atom is 0.126 e. The first kappa shape index (κ1) is 14.5. The fourth-order valence-electron chi connectivity index (χ4n) is 2.09. The number of rotatable bonds is 4. The number of halogens is 1. The quantitative estimate of drug-likeness (QED) is 0.913. The Morgan fingerprint density at radius 1 is 1.10 bits per heavy atom. The van der Waals surface area contributed by atoms with Crippen molar-refractivity contribution in [2.24, 2.45) is 0 Å². The molecule has 2 nitrogen and oxygen atoms in total. The van der Waals surface area contributed by atoms with Gasteiger partial charge in [0.1, 0.15) is 17.7 Å². The Morgan fingerprint density at radius 3 is 2.45 bits per heavy atom. The molecule has 1 atom stereocenters. The molecule has 2 aromatic rings. The zero-order valence-corrected chi connectivity index (χ0v) is 11.9. The fraction of sp³-hybridized carbons (Fsp3) is 0.294. The van der Waals surface area contributed by atoms with Crippen LogP contribution in [0.4, 0.5) is 4.39 Å². The molecular weight excluding hydrogens is 255 g/mol. The Labute approximate surface area is 118 Å². The summed E-state index contributed by atoms with van der Waals surface area (Å²) >= 11 is 0. The first-order chi connectivity index (χ1) is 9.49. The molecule has 0 amide bonds. The average Bonchev–Trinajstić information content (AvgIpc) is 2.41. The van der Waals surface area contributed by atoms with E-state index in [9.17, 15) is 9.50 Å². The van der Waals surface area contributed by atoms with Crippen LogP contribution in [-0.2, 0) is 0 Å². The second-order valence-electron chi connectivity index (χ2n) is 5.12. The summed E-state index contributed by atoms with van der Waals surface area (Å²) in [5.74, 6) is 0.379. The van der Waals surface area contributed by atoms with Crippen molar-refractivity contribution in [1.82, 2.24) is 0 Å². The van der Waals surface area contributed by atoms with Gasteiger partial charge in [0.25, 0.3) is 0 Å². The van der Waals surface area contributed by atoms with E-state index in [-0.39, 0.29) is 11.9 Å². The highest BCUT2D eigenvalue weighted by Gasteiger charge is 2.16. The molecule has 0 saturated carbocycles. The average molecular weight is 274 g/mol. The van der Waals surface area contributed by atoms with Crippen LogP contribution in [0.1, 0.15) is 36.6 Å². The van der Waals surface area contributed by atoms with Crippen LogP contribution in [0.5, 0.6) is 5.75 Å². The largest absolute Gasteiger partial charge is 0.491 e. The van der Waals surface area contributed by atoms with Gasteiger partial charge < -0.3 is 9.84 Å². The number of aryl methyl sites for hydroxylation is 1. The lowest BCUT2D eigenvalue weighted by atomic mass is 9.99. The molecule has 1 unspecified atom stereocenters. The maximum absolute atomic E-state index is 13.3. The number of hydrogen-bond donors (Lipinski definition) is 1. The number of aliphatic hydroxyl groups is 1. The van der Waals surface area contributed by atoms with Gasteiger partial charge in [-0.25, -0.2) is 4.39 Å². The molecule has 20 heavy (non-hydrogen) atoms. The van der Waals surface area contributed by atoms with Gasteiger partial charge in [0, 0.05) is 5.56 Å². The summed E-state index contributed by atoms with van der Waals surface area (Å²) in [7, 11) is 0. The van der Waals surface area contributed by atoms with E-state index >= 15 is 0 Å². The minimum absolute atomic E-state index is 0.0262. The van der Waals surface area contributed by atoms with Crippen LogP contribution in [0.15, 0.2) is 42.5 Å². The monoisotopic (exact) mass is 274 g/mol. The summed E-state index contributed by atoms with van der Waals surface area (Å²) in [6.45, 7) is 5.55. The number of aliphatic hydroxyl groups excluding tert-OH is 1. The van der Waals surface area contributed by atoms with Crippen molar-refractivity contribution in [2.45, 2.75) is 33.0 Å². The minimum Gasteiger partial charge on any atom is -0.491 e. The highest BCUT2D eigenvalue weighted by Crippen LogP contribution is 2.31. The van der Waals surface area contributed by atoms with Gasteiger partial charge in [0.05, 0.1) is 6.10 Å². The number of hydrogen-bond acceptors (Lipinski definition) is 2. The van der Waals surface area contributed by atoms with Crippen molar-refractivity contribution in [2.75, 3.05) is 0 Å². The molecule has 0 aromatic heterocycles. The van der Waals surface area contributed by atoms with Gasteiger partial charge in [-0.15, -0.1) is 0 Å². The molecule has 0 aliphatic heterocycles. The molecule has 1 N–H and O–H groups in total. The molecule has 2 rings (SSSR count). The summed E-state index contributed by atoms with van der Waals surface area (Å²) in [4.78, 5) is 0. The first-order valence-corrected chi connectivity index (χ1v) is 6.68. The van der Waals surface area contributed by atoms with Crippen LogP contribution < -0.4 is 4.74 Å². The SMILES string of the molecule is Cc1cc(C(O)c2ccccc2OC(C)C)ccc1F. The zero-order chi connectivity index (χ0) is 14.7. The minimum atomic E-state index is -0.829. The van der Waals surface area contributed by atoms with E-state index in [4.69, 9.17) is 4.74 Å². The molecule has 0 aliphatic rings. The van der Waals surface area contributed by atoms with Crippen molar-refractivity contribution >= 4 is 0 Å². The van der Waals surface area contributed by atoms with Crippen molar-refractivity contribution in [3.05, 3.63) is 65.0 Å². The second-order valence-corrected chi connectivity index (χ2v) is 5.12. The maximum atomic E-state index is 13.3. The molecule has 2 aromatic carbocycles. The van der Waals surface area contributed by atoms with Crippen molar-refractivity contribution in [3.63, 3.8) is 0 Å². The Balaban J connectivity index is 2.37. The van der Waals surface area contributed by atoms with E-state index in [0.717, 1.165) is 0 Å². The molecule has 0 fully saturated rings. The van der Waals surface area contributed by atoms with E-state index in [1.165, 1.54) is 6.07 Å². The number of ether oxygens (including phenoxy) is 1. The smallest absolute Gasteiger partial charge is 0.126 e. The Morgan fingerprint density at radius 2 is 1.80 bits per heavy atom. The molecule has 0 aliphatic carbocycles. The summed E-state index contributed by atoms with van der Waals surface area (Å²) in [5.41, 5.74) is 1.86. The fourth-order valence-corrected chi connectivity index (χ4v) is 2.09. The Kier molecular flexibility index (Phi) is 4.40. The van der Waals surface area contributed by atoms with Gasteiger partial charge in [-0.3, -0.25) is 0 Å². The predicted octanol–water partition coefficient (Wildman–Crippen LogP) is 4.00. The summed E-state index contributed by atoms with van der Waals surface area (Å²) < 4.78 is 19.0. The van der Waals surface area contributed by atoms with Crippen LogP contribution in [-0.4, -0.2) is 11.2 Å². The molecule has 0 heterocycles. The first-order valence-electron chi connectivity index (χ1n) is 6.68. The summed E-state index contributed by atoms with van der Waals surface area (Å²) in [5, 5.41) is 10.5. The van der Waals surface area contributed by atoms with Gasteiger partial charge in [-0.1, -0.05) is 30.3 Å². The van der Waals surface area contributed by atoms with Crippen molar-refractivity contribution in [1.29, 1.82) is 0 Å². The second kappa shape index (κ2) is 6.06. The lowest BCUT2D eigenvalue weighted by Crippen LogP contribution is -2.10. The lowest BCUT2D eigenvalue weighted by Gasteiger charge is -2.18. The molecule has 0 radical (unpaired) electrons. The third-order valence-corrected chi connectivity index (χ3v) is 3.07. The van der Waals surface area contributed by atoms with Crippen LogP contribution in [0.2, 0.25) is 0 Å². The van der Waals surface area contributed by atoms with Crippen molar-refractivity contribution < 1.29 is 14.2 Å². The van der Waals surface area contributed by atoms with Gasteiger partial charge in [-0.2, -0.15) is 0 Å². The third-order valence-electron chi connectivity index (χ3n) is 3.07. The Hall–Kier alpha value is -1.87. The van der Waals surface area contributed by atoms with Gasteiger partial charge in [-0.05, 0) is 44.0 Å². The van der Waals surface area contributed by atoms with Crippen molar-refractivity contribution in [3.8, 4) is 5.75 Å². The normalized spacial score (nSPS) is 12.5. The highest BCUT2D eigenvalue weighted by atomic mass is 19.1. The van der Waals surface area contributed by atoms with Gasteiger partial charge >= 0.3 is 0 Å². The molecule has 0 saturated heterocycles. The molecule has 0 bridgehead atoms. The highest BCUT2D eigenvalue weighted by molar-refractivity contribution is 5.41. The number of benzene rings is 2. The summed E-state index contributed by atoms with van der Waals surface area (Å²) in [6.07, 6.45) is -0.803. The molecule has 0 spiro atoms. The van der Waals surface area contributed by atoms with E-state index in [1.54, 1.807) is 19.1 Å². The standard InChI is InChI=1S/C17H19FO2/c1-11(2)20-16-7-5-4-6-14(16)17(19)13-8-9-15(18)12(3)10-13/h4-11,17,19H,1-3H3. The van der Waals surface area contributed by atoms with Crippen LogP contribution in [0, 0.1) is 12.7 Å². The summed E-state index contributed by atoms with van der Waals surface area (Å²) in [6, 6.07) is 12.0. The topological polar surface area (TPSA) is 29.5 Å². The third kappa shape index (κ3) is 3.17. The molecular formula is C17H19FO2. The molecule has 106 valence electrons. The van der Waals surface area contributed by atoms with Gasteiger partial charge in [0.15, 0.2) is 0 Å². The van der Waals surface area contributed by atoms with E-state index in [2.05, 4.69) is 0 Å². The van der Waals surface area contributed by atoms with E-state index in [1.807, 2.05) is 38.1 Å². The van der Waals surface area contributed by atoms with E-state index < -0.39 is 6.10 Å². The van der Waals surface area contributed by atoms with Crippen LogP contribution in [0.3, 0.4) is 0 Å². The zero-order valence-electron chi connectivity index (χ0n) is 11.9. The lowest BCUT2D eigenvalue weighted by molar-refractivity contribution is 0.198. The van der Waals surface area contributed by atoms with Crippen LogP contribution in [0.25, 0.3) is 0 Å². The number of para-hydroxylation sites is 1. The van der Waals surface area contributed by atoms with E-state index in [0.29, 0.717) is 22.4 Å². The van der Waals surface area contributed by atoms with Crippen LogP contribution >= 0.6 is 0 Å². The van der Waals surface area contributed by atoms with Gasteiger partial charge in [0.2, 0.25) is 0 Å². The molecule has 3 heteroatoms.